The zero-order valence-corrected chi connectivity index (χ0v) is 15.9. The molecule has 0 saturated heterocycles. The van der Waals surface area contributed by atoms with Crippen molar-refractivity contribution in [3.63, 3.8) is 0 Å². The summed E-state index contributed by atoms with van der Waals surface area (Å²) < 4.78 is 15.2. The highest BCUT2D eigenvalue weighted by Crippen LogP contribution is 2.26. The summed E-state index contributed by atoms with van der Waals surface area (Å²) in [7, 11) is 0. The van der Waals surface area contributed by atoms with E-state index in [9.17, 15) is 9.18 Å². The van der Waals surface area contributed by atoms with Crippen molar-refractivity contribution >= 4 is 33.3 Å². The molecule has 28 heavy (non-hydrogen) atoms. The van der Waals surface area contributed by atoms with Crippen molar-refractivity contribution in [3.8, 4) is 0 Å². The topological polar surface area (TPSA) is 34.0 Å². The first kappa shape index (κ1) is 18.2. The predicted octanol–water partition coefficient (Wildman–Crippen LogP) is 6.19. The number of amides is 1. The summed E-state index contributed by atoms with van der Waals surface area (Å²) in [6.07, 6.45) is 2.33. The highest BCUT2D eigenvalue weighted by molar-refractivity contribution is 6.15. The van der Waals surface area contributed by atoms with Crippen LogP contribution in [0.25, 0.3) is 21.7 Å². The Labute approximate surface area is 163 Å². The number of anilines is 1. The number of carbonyl (C=O) groups is 1. The second kappa shape index (κ2) is 7.85. The van der Waals surface area contributed by atoms with Gasteiger partial charge in [0.25, 0.3) is 5.91 Å². The van der Waals surface area contributed by atoms with Gasteiger partial charge in [0.05, 0.1) is 11.7 Å². The minimum Gasteiger partial charge on any atom is -0.347 e. The predicted molar refractivity (Wildman–Crippen MR) is 114 cm³/mol. The first-order chi connectivity index (χ1) is 13.6. The van der Waals surface area contributed by atoms with E-state index in [1.54, 1.807) is 6.92 Å². The molecule has 0 saturated carbocycles. The maximum absolute atomic E-state index is 13.1. The number of para-hydroxylation sites is 1. The molecule has 3 aromatic carbocycles. The van der Waals surface area contributed by atoms with E-state index < -0.39 is 6.17 Å². The number of aryl methyl sites for hydroxylation is 1. The number of halogens is 1. The average molecular weight is 374 g/mol. The van der Waals surface area contributed by atoms with E-state index in [0.717, 1.165) is 33.8 Å². The molecule has 4 heteroatoms. The van der Waals surface area contributed by atoms with E-state index in [1.807, 2.05) is 72.9 Å². The van der Waals surface area contributed by atoms with Gasteiger partial charge in [-0.2, -0.15) is 0 Å². The third-order valence-electron chi connectivity index (χ3n) is 5.07. The van der Waals surface area contributed by atoms with Gasteiger partial charge in [0.1, 0.15) is 0 Å². The van der Waals surface area contributed by atoms with E-state index in [0.29, 0.717) is 18.5 Å². The standard InChI is InChI=1S/C24H23FN2O/c1-17(25)8-7-15-27-16-21(20-12-4-5-14-23(20)27)24(28)26-22-13-6-10-18-9-2-3-11-19(18)22/h2-6,9-14,16-17H,7-8,15H2,1H3,(H,26,28)/t17-/m1/s1. The molecule has 4 aromatic rings. The molecule has 1 heterocycles. The van der Waals surface area contributed by atoms with Gasteiger partial charge >= 0.3 is 0 Å². The number of benzene rings is 3. The molecule has 0 unspecified atom stereocenters. The maximum Gasteiger partial charge on any atom is 0.257 e. The molecule has 0 aliphatic carbocycles. The van der Waals surface area contributed by atoms with Crippen LogP contribution >= 0.6 is 0 Å². The summed E-state index contributed by atoms with van der Waals surface area (Å²) in [6.45, 7) is 2.27. The molecule has 0 bridgehead atoms. The van der Waals surface area contributed by atoms with Gasteiger partial charge in [0.2, 0.25) is 0 Å². The van der Waals surface area contributed by atoms with Crippen LogP contribution in [0.3, 0.4) is 0 Å². The number of nitrogens with one attached hydrogen (secondary N) is 1. The SMILES string of the molecule is C[C@@H](F)CCCn1cc(C(=O)Nc2cccc3ccccc23)c2ccccc21. The van der Waals surface area contributed by atoms with Gasteiger partial charge in [0.15, 0.2) is 0 Å². The Morgan fingerprint density at radius 2 is 1.71 bits per heavy atom. The van der Waals surface area contributed by atoms with Crippen molar-refractivity contribution in [2.75, 3.05) is 5.32 Å². The molecule has 1 aromatic heterocycles. The number of carbonyl (C=O) groups excluding carboxylic acids is 1. The van der Waals surface area contributed by atoms with E-state index in [-0.39, 0.29) is 5.91 Å². The highest BCUT2D eigenvalue weighted by atomic mass is 19.1. The summed E-state index contributed by atoms with van der Waals surface area (Å²) in [5.74, 6) is -0.134. The Balaban J connectivity index is 1.65. The van der Waals surface area contributed by atoms with E-state index >= 15 is 0 Å². The van der Waals surface area contributed by atoms with Crippen molar-refractivity contribution in [2.45, 2.75) is 32.5 Å². The lowest BCUT2D eigenvalue weighted by molar-refractivity contribution is 0.102. The summed E-state index contributed by atoms with van der Waals surface area (Å²) in [6, 6.07) is 21.7. The number of hydrogen-bond donors (Lipinski definition) is 1. The minimum absolute atomic E-state index is 0.134. The molecule has 1 amide bonds. The summed E-state index contributed by atoms with van der Waals surface area (Å²) in [5.41, 5.74) is 2.43. The van der Waals surface area contributed by atoms with Gasteiger partial charge in [0, 0.05) is 34.7 Å². The third kappa shape index (κ3) is 3.63. The number of aromatic nitrogens is 1. The molecule has 0 aliphatic rings. The number of fused-ring (bicyclic) bond motifs is 2. The van der Waals surface area contributed by atoms with Gasteiger partial charge in [-0.15, -0.1) is 0 Å². The normalized spacial score (nSPS) is 12.4. The minimum atomic E-state index is -0.809. The number of alkyl halides is 1. The first-order valence-corrected chi connectivity index (χ1v) is 9.64. The number of rotatable bonds is 6. The molecular weight excluding hydrogens is 351 g/mol. The largest absolute Gasteiger partial charge is 0.347 e. The summed E-state index contributed by atoms with van der Waals surface area (Å²) >= 11 is 0. The van der Waals surface area contributed by atoms with Crippen LogP contribution < -0.4 is 5.32 Å². The van der Waals surface area contributed by atoms with E-state index in [1.165, 1.54) is 0 Å². The summed E-state index contributed by atoms with van der Waals surface area (Å²) in [5, 5.41) is 6.08. The molecule has 142 valence electrons. The fraction of sp³-hybridized carbons (Fsp3) is 0.208. The van der Waals surface area contributed by atoms with Crippen molar-refractivity contribution < 1.29 is 9.18 Å². The molecule has 1 N–H and O–H groups in total. The zero-order chi connectivity index (χ0) is 19.5. The van der Waals surface area contributed by atoms with Gasteiger partial charge in [-0.05, 0) is 37.3 Å². The van der Waals surface area contributed by atoms with Crippen LogP contribution in [0.2, 0.25) is 0 Å². The van der Waals surface area contributed by atoms with Crippen LogP contribution in [0, 0.1) is 0 Å². The Hall–Kier alpha value is -3.14. The van der Waals surface area contributed by atoms with Gasteiger partial charge in [-0.1, -0.05) is 54.6 Å². The van der Waals surface area contributed by atoms with Crippen LogP contribution in [-0.2, 0) is 6.54 Å². The molecule has 1 atom stereocenters. The molecule has 0 aliphatic heterocycles. The second-order valence-electron chi connectivity index (χ2n) is 7.16. The lowest BCUT2D eigenvalue weighted by atomic mass is 10.1. The monoisotopic (exact) mass is 374 g/mol. The van der Waals surface area contributed by atoms with Crippen molar-refractivity contribution in [2.24, 2.45) is 0 Å². The Morgan fingerprint density at radius 3 is 2.54 bits per heavy atom. The van der Waals surface area contributed by atoms with E-state index in [4.69, 9.17) is 0 Å². The molecule has 3 nitrogen and oxygen atoms in total. The third-order valence-corrected chi connectivity index (χ3v) is 5.07. The van der Waals surface area contributed by atoms with Gasteiger partial charge in [-0.25, -0.2) is 4.39 Å². The average Bonchev–Trinajstić information content (AvgIpc) is 3.07. The van der Waals surface area contributed by atoms with E-state index in [2.05, 4.69) is 9.88 Å². The van der Waals surface area contributed by atoms with Crippen LogP contribution in [0.5, 0.6) is 0 Å². The van der Waals surface area contributed by atoms with Crippen LogP contribution in [0.1, 0.15) is 30.1 Å². The van der Waals surface area contributed by atoms with Gasteiger partial charge < -0.3 is 9.88 Å². The summed E-state index contributed by atoms with van der Waals surface area (Å²) in [4.78, 5) is 13.1. The molecule has 0 radical (unpaired) electrons. The lowest BCUT2D eigenvalue weighted by Crippen LogP contribution is -2.11. The Morgan fingerprint density at radius 1 is 1.00 bits per heavy atom. The van der Waals surface area contributed by atoms with Gasteiger partial charge in [-0.3, -0.25) is 4.79 Å². The van der Waals surface area contributed by atoms with Crippen LogP contribution in [0.15, 0.2) is 72.9 Å². The lowest BCUT2D eigenvalue weighted by Gasteiger charge is -2.08. The first-order valence-electron chi connectivity index (χ1n) is 9.64. The maximum atomic E-state index is 13.1. The Bertz CT molecular complexity index is 1120. The van der Waals surface area contributed by atoms with Crippen LogP contribution in [-0.4, -0.2) is 16.6 Å². The highest BCUT2D eigenvalue weighted by Gasteiger charge is 2.16. The quantitative estimate of drug-likeness (QED) is 0.429. The zero-order valence-electron chi connectivity index (χ0n) is 15.9. The Kier molecular flexibility index (Phi) is 5.11. The molecule has 4 rings (SSSR count). The number of nitrogens with zero attached hydrogens (tertiary/aromatic N) is 1. The smallest absolute Gasteiger partial charge is 0.257 e. The molecule has 0 fully saturated rings. The van der Waals surface area contributed by atoms with Crippen molar-refractivity contribution in [1.82, 2.24) is 4.57 Å². The number of hydrogen-bond acceptors (Lipinski definition) is 1. The molecule has 0 spiro atoms. The molecular formula is C24H23FN2O. The second-order valence-corrected chi connectivity index (χ2v) is 7.16. The van der Waals surface area contributed by atoms with Crippen molar-refractivity contribution in [1.29, 1.82) is 0 Å². The fourth-order valence-corrected chi connectivity index (χ4v) is 3.68. The van der Waals surface area contributed by atoms with Crippen molar-refractivity contribution in [3.05, 3.63) is 78.5 Å². The van der Waals surface area contributed by atoms with Crippen LogP contribution in [0.4, 0.5) is 10.1 Å². The fourth-order valence-electron chi connectivity index (χ4n) is 3.68.